The molecule has 0 spiro atoms. The fourth-order valence-corrected chi connectivity index (χ4v) is 5.55. The Morgan fingerprint density at radius 3 is 1.17 bits per heavy atom. The van der Waals surface area contributed by atoms with Gasteiger partial charge in [0, 0.05) is 9.79 Å². The van der Waals surface area contributed by atoms with Gasteiger partial charge in [-0.1, -0.05) is 81.0 Å². The molecular formula is C26H38O2S. The summed E-state index contributed by atoms with van der Waals surface area (Å²) < 4.78 is 0. The van der Waals surface area contributed by atoms with E-state index in [2.05, 4.69) is 69.2 Å². The highest BCUT2D eigenvalue weighted by Crippen LogP contribution is 2.48. The predicted molar refractivity (Wildman–Crippen MR) is 126 cm³/mol. The second-order valence-electron chi connectivity index (χ2n) is 10.7. The number of hydrogen-bond acceptors (Lipinski definition) is 3. The molecule has 0 aliphatic heterocycles. The first-order chi connectivity index (χ1) is 13.1. The first kappa shape index (κ1) is 23.7. The molecule has 2 aromatic rings. The summed E-state index contributed by atoms with van der Waals surface area (Å²) >= 11 is 1.80. The maximum atomic E-state index is 10.4. The summed E-state index contributed by atoms with van der Waals surface area (Å²) in [6.45, 7) is 21.9. The van der Waals surface area contributed by atoms with Gasteiger partial charge in [-0.25, -0.2) is 0 Å². The van der Waals surface area contributed by atoms with Crippen molar-refractivity contribution in [2.75, 3.05) is 0 Å². The van der Waals surface area contributed by atoms with Gasteiger partial charge in [0.05, 0.1) is 0 Å². The fourth-order valence-electron chi connectivity index (χ4n) is 3.57. The van der Waals surface area contributed by atoms with Gasteiger partial charge < -0.3 is 10.2 Å². The van der Waals surface area contributed by atoms with E-state index in [1.165, 1.54) is 20.9 Å². The Bertz CT molecular complexity index is 808. The Labute approximate surface area is 181 Å². The van der Waals surface area contributed by atoms with E-state index < -0.39 is 0 Å². The van der Waals surface area contributed by atoms with Crippen LogP contribution < -0.4 is 0 Å². The SMILES string of the molecule is CC(C)c1cc(O)cc(C(C)(C)C)c1Sc1c(C(C)C)cc(O)cc1C(C)(C)C. The molecule has 0 aromatic heterocycles. The topological polar surface area (TPSA) is 40.5 Å². The van der Waals surface area contributed by atoms with E-state index in [0.717, 1.165) is 11.1 Å². The highest BCUT2D eigenvalue weighted by atomic mass is 32.2. The first-order valence-corrected chi connectivity index (χ1v) is 11.4. The first-order valence-electron chi connectivity index (χ1n) is 10.6. The van der Waals surface area contributed by atoms with E-state index >= 15 is 0 Å². The van der Waals surface area contributed by atoms with Crippen LogP contribution >= 0.6 is 11.8 Å². The van der Waals surface area contributed by atoms with Gasteiger partial charge in [0.15, 0.2) is 0 Å². The Balaban J connectivity index is 2.87. The lowest BCUT2D eigenvalue weighted by Crippen LogP contribution is -2.16. The van der Waals surface area contributed by atoms with Crippen LogP contribution in [0.15, 0.2) is 34.1 Å². The molecule has 3 heteroatoms. The molecule has 0 bridgehead atoms. The molecule has 0 radical (unpaired) electrons. The molecular weight excluding hydrogens is 376 g/mol. The summed E-state index contributed by atoms with van der Waals surface area (Å²) in [4.78, 5) is 2.45. The van der Waals surface area contributed by atoms with Gasteiger partial charge in [0.25, 0.3) is 0 Å². The third-order valence-electron chi connectivity index (χ3n) is 5.27. The third kappa shape index (κ3) is 5.31. The van der Waals surface area contributed by atoms with Crippen LogP contribution in [0.4, 0.5) is 0 Å². The maximum absolute atomic E-state index is 10.4. The van der Waals surface area contributed by atoms with E-state index in [9.17, 15) is 10.2 Å². The molecule has 2 nitrogen and oxygen atoms in total. The Kier molecular flexibility index (Phi) is 6.74. The number of benzene rings is 2. The highest BCUT2D eigenvalue weighted by molar-refractivity contribution is 7.99. The molecule has 0 fully saturated rings. The lowest BCUT2D eigenvalue weighted by molar-refractivity contribution is 0.467. The van der Waals surface area contributed by atoms with Crippen LogP contribution in [0.2, 0.25) is 0 Å². The molecule has 0 saturated carbocycles. The van der Waals surface area contributed by atoms with Crippen molar-refractivity contribution in [3.05, 3.63) is 46.5 Å². The lowest BCUT2D eigenvalue weighted by Gasteiger charge is -2.30. The lowest BCUT2D eigenvalue weighted by atomic mass is 9.84. The third-order valence-corrected chi connectivity index (χ3v) is 6.59. The van der Waals surface area contributed by atoms with Crippen molar-refractivity contribution in [2.24, 2.45) is 0 Å². The molecule has 0 atom stereocenters. The van der Waals surface area contributed by atoms with Crippen molar-refractivity contribution in [1.82, 2.24) is 0 Å². The van der Waals surface area contributed by atoms with Crippen molar-refractivity contribution >= 4 is 11.8 Å². The quantitative estimate of drug-likeness (QED) is 0.531. The van der Waals surface area contributed by atoms with Crippen molar-refractivity contribution in [2.45, 2.75) is 102 Å². The number of hydrogen-bond donors (Lipinski definition) is 2. The van der Waals surface area contributed by atoms with Crippen LogP contribution in [-0.4, -0.2) is 10.2 Å². The summed E-state index contributed by atoms with van der Waals surface area (Å²) in [5.41, 5.74) is 4.47. The van der Waals surface area contributed by atoms with Gasteiger partial charge in [-0.3, -0.25) is 0 Å². The normalized spacial score (nSPS) is 12.8. The number of phenols is 2. The molecule has 0 heterocycles. The molecule has 2 rings (SSSR count). The summed E-state index contributed by atoms with van der Waals surface area (Å²) in [5, 5.41) is 20.8. The Hall–Kier alpha value is -1.61. The van der Waals surface area contributed by atoms with Crippen LogP contribution in [-0.2, 0) is 10.8 Å². The molecule has 0 saturated heterocycles. The number of rotatable bonds is 4. The standard InChI is InChI=1S/C26H38O2S/c1-15(2)19-11-17(27)13-21(25(5,6)7)23(19)29-24-20(16(3)4)12-18(28)14-22(24)26(8,9)10/h11-16,27-28H,1-10H3. The minimum absolute atomic E-state index is 0.0957. The van der Waals surface area contributed by atoms with Gasteiger partial charge in [-0.2, -0.15) is 0 Å². The molecule has 0 aliphatic carbocycles. The predicted octanol–water partition coefficient (Wildman–Crippen LogP) is 8.09. The van der Waals surface area contributed by atoms with Crippen LogP contribution in [0.25, 0.3) is 0 Å². The maximum Gasteiger partial charge on any atom is 0.116 e. The van der Waals surface area contributed by atoms with E-state index in [1.54, 1.807) is 11.8 Å². The molecule has 0 amide bonds. The average Bonchev–Trinajstić information content (AvgIpc) is 2.54. The highest BCUT2D eigenvalue weighted by Gasteiger charge is 2.28. The van der Waals surface area contributed by atoms with E-state index in [-0.39, 0.29) is 10.8 Å². The summed E-state index contributed by atoms with van der Waals surface area (Å²) in [5.74, 6) is 1.24. The zero-order valence-electron chi connectivity index (χ0n) is 19.8. The molecule has 160 valence electrons. The van der Waals surface area contributed by atoms with Crippen molar-refractivity contribution < 1.29 is 10.2 Å². The second-order valence-corrected chi connectivity index (χ2v) is 11.8. The monoisotopic (exact) mass is 414 g/mol. The van der Waals surface area contributed by atoms with Crippen molar-refractivity contribution in [3.63, 3.8) is 0 Å². The fraction of sp³-hybridized carbons (Fsp3) is 0.538. The molecule has 2 N–H and O–H groups in total. The van der Waals surface area contributed by atoms with E-state index in [4.69, 9.17) is 0 Å². The Morgan fingerprint density at radius 1 is 0.621 bits per heavy atom. The minimum atomic E-state index is -0.0957. The van der Waals surface area contributed by atoms with Crippen LogP contribution in [0.1, 0.15) is 103 Å². The molecule has 29 heavy (non-hydrogen) atoms. The van der Waals surface area contributed by atoms with Crippen molar-refractivity contribution in [3.8, 4) is 11.5 Å². The summed E-state index contributed by atoms with van der Waals surface area (Å²) in [6.07, 6.45) is 0. The zero-order chi connectivity index (χ0) is 22.3. The summed E-state index contributed by atoms with van der Waals surface area (Å²) in [7, 11) is 0. The molecule has 0 aliphatic rings. The largest absolute Gasteiger partial charge is 0.508 e. The van der Waals surface area contributed by atoms with E-state index in [1.807, 2.05) is 24.3 Å². The van der Waals surface area contributed by atoms with E-state index in [0.29, 0.717) is 23.3 Å². The Morgan fingerprint density at radius 2 is 0.931 bits per heavy atom. The smallest absolute Gasteiger partial charge is 0.116 e. The van der Waals surface area contributed by atoms with Gasteiger partial charge in [0.1, 0.15) is 11.5 Å². The van der Waals surface area contributed by atoms with Crippen LogP contribution in [0, 0.1) is 0 Å². The van der Waals surface area contributed by atoms with Crippen LogP contribution in [0.3, 0.4) is 0 Å². The van der Waals surface area contributed by atoms with Gasteiger partial charge in [-0.15, -0.1) is 0 Å². The average molecular weight is 415 g/mol. The molecule has 2 aromatic carbocycles. The van der Waals surface area contributed by atoms with Gasteiger partial charge in [0.2, 0.25) is 0 Å². The minimum Gasteiger partial charge on any atom is -0.508 e. The van der Waals surface area contributed by atoms with Crippen LogP contribution in [0.5, 0.6) is 11.5 Å². The number of aromatic hydroxyl groups is 2. The summed E-state index contributed by atoms with van der Waals surface area (Å²) in [6, 6.07) is 7.66. The second kappa shape index (κ2) is 8.26. The number of phenolic OH excluding ortho intramolecular Hbond substituents is 2. The van der Waals surface area contributed by atoms with Gasteiger partial charge >= 0.3 is 0 Å². The van der Waals surface area contributed by atoms with Gasteiger partial charge in [-0.05, 0) is 69.2 Å². The molecule has 0 unspecified atom stereocenters. The zero-order valence-corrected chi connectivity index (χ0v) is 20.6. The van der Waals surface area contributed by atoms with Crippen molar-refractivity contribution in [1.29, 1.82) is 0 Å².